The van der Waals surface area contributed by atoms with Crippen molar-refractivity contribution in [1.82, 2.24) is 4.90 Å². The maximum absolute atomic E-state index is 6.20. The summed E-state index contributed by atoms with van der Waals surface area (Å²) < 4.78 is 6.30. The van der Waals surface area contributed by atoms with Gasteiger partial charge in [-0.3, -0.25) is 0 Å². The third-order valence-electron chi connectivity index (χ3n) is 3.01. The van der Waals surface area contributed by atoms with Crippen LogP contribution in [0.25, 0.3) is 0 Å². The molecule has 19 heavy (non-hydrogen) atoms. The number of nitrogens with zero attached hydrogens (tertiary/aromatic N) is 1. The number of halogens is 2. The molecular formula is C14H22BrClN2O. The molecule has 0 heterocycles. The Hall–Kier alpha value is -0.130. The normalized spacial score (nSPS) is 12.9. The first-order chi connectivity index (χ1) is 9.04. The fraction of sp³-hybridized carbons (Fsp3) is 0.571. The molecule has 0 fully saturated rings. The molecule has 0 bridgehead atoms. The highest BCUT2D eigenvalue weighted by atomic mass is 79.9. The van der Waals surface area contributed by atoms with Gasteiger partial charge in [0.05, 0.1) is 6.61 Å². The van der Waals surface area contributed by atoms with Gasteiger partial charge in [-0.1, -0.05) is 33.6 Å². The zero-order valence-electron chi connectivity index (χ0n) is 11.5. The molecule has 1 aromatic rings. The number of rotatable bonds is 8. The third-order valence-corrected chi connectivity index (χ3v) is 3.83. The fourth-order valence-electron chi connectivity index (χ4n) is 1.79. The maximum Gasteiger partial charge on any atom is 0.0593 e. The van der Waals surface area contributed by atoms with E-state index >= 15 is 0 Å². The molecule has 0 aliphatic heterocycles. The van der Waals surface area contributed by atoms with Crippen LogP contribution in [0, 0.1) is 0 Å². The van der Waals surface area contributed by atoms with Crippen LogP contribution in [-0.4, -0.2) is 38.3 Å². The average Bonchev–Trinajstić information content (AvgIpc) is 2.36. The van der Waals surface area contributed by atoms with Gasteiger partial charge in [-0.15, -0.1) is 0 Å². The molecule has 0 amide bonds. The van der Waals surface area contributed by atoms with Crippen molar-refractivity contribution in [3.8, 4) is 0 Å². The number of hydrogen-bond donors (Lipinski definition) is 1. The molecule has 5 heteroatoms. The van der Waals surface area contributed by atoms with Gasteiger partial charge in [-0.2, -0.15) is 0 Å². The van der Waals surface area contributed by atoms with Crippen LogP contribution in [-0.2, 0) is 4.74 Å². The van der Waals surface area contributed by atoms with Crippen LogP contribution in [0.2, 0.25) is 5.02 Å². The minimum Gasteiger partial charge on any atom is -0.380 e. The molecule has 3 nitrogen and oxygen atoms in total. The first kappa shape index (κ1) is 16.9. The molecule has 0 aromatic heterocycles. The average molecular weight is 350 g/mol. The number of likely N-dealkylation sites (N-methyl/N-ethyl adjacent to an activating group) is 1. The van der Waals surface area contributed by atoms with Crippen molar-refractivity contribution in [3.63, 3.8) is 0 Å². The van der Waals surface area contributed by atoms with E-state index in [4.69, 9.17) is 22.1 Å². The Kier molecular flexibility index (Phi) is 7.95. The highest BCUT2D eigenvalue weighted by Gasteiger charge is 2.11. The third kappa shape index (κ3) is 6.23. The van der Waals surface area contributed by atoms with E-state index in [9.17, 15) is 0 Å². The van der Waals surface area contributed by atoms with Gasteiger partial charge >= 0.3 is 0 Å². The monoisotopic (exact) mass is 348 g/mol. The summed E-state index contributed by atoms with van der Waals surface area (Å²) in [5.74, 6) is 0. The van der Waals surface area contributed by atoms with E-state index in [2.05, 4.69) is 27.9 Å². The Bertz CT molecular complexity index is 390. The first-order valence-corrected chi connectivity index (χ1v) is 7.68. The SMILES string of the molecule is CCOCCN(C)CCC(N)c1ccc(Br)cc1Cl. The van der Waals surface area contributed by atoms with Crippen molar-refractivity contribution in [2.45, 2.75) is 19.4 Å². The van der Waals surface area contributed by atoms with Crippen molar-refractivity contribution in [2.24, 2.45) is 5.73 Å². The predicted molar refractivity (Wildman–Crippen MR) is 84.7 cm³/mol. The van der Waals surface area contributed by atoms with Gasteiger partial charge in [-0.25, -0.2) is 0 Å². The second-order valence-corrected chi connectivity index (χ2v) is 5.88. The van der Waals surface area contributed by atoms with Crippen LogP contribution in [0.3, 0.4) is 0 Å². The van der Waals surface area contributed by atoms with Crippen LogP contribution >= 0.6 is 27.5 Å². The molecule has 0 radical (unpaired) electrons. The molecule has 1 unspecified atom stereocenters. The van der Waals surface area contributed by atoms with Crippen LogP contribution < -0.4 is 5.73 Å². The molecule has 0 spiro atoms. The zero-order chi connectivity index (χ0) is 14.3. The Balaban J connectivity index is 2.40. The Morgan fingerprint density at radius 1 is 1.42 bits per heavy atom. The lowest BCUT2D eigenvalue weighted by atomic mass is 10.0. The lowest BCUT2D eigenvalue weighted by Gasteiger charge is -2.20. The summed E-state index contributed by atoms with van der Waals surface area (Å²) in [5.41, 5.74) is 7.19. The number of benzene rings is 1. The molecule has 108 valence electrons. The van der Waals surface area contributed by atoms with Crippen LogP contribution in [0.5, 0.6) is 0 Å². The number of ether oxygens (including phenoxy) is 1. The summed E-state index contributed by atoms with van der Waals surface area (Å²) in [5, 5.41) is 0.721. The van der Waals surface area contributed by atoms with Crippen LogP contribution in [0.4, 0.5) is 0 Å². The Labute approximate surface area is 129 Å². The smallest absolute Gasteiger partial charge is 0.0593 e. The van der Waals surface area contributed by atoms with Gasteiger partial charge in [0.25, 0.3) is 0 Å². The van der Waals surface area contributed by atoms with E-state index in [0.29, 0.717) is 0 Å². The van der Waals surface area contributed by atoms with Crippen molar-refractivity contribution < 1.29 is 4.74 Å². The molecule has 1 atom stereocenters. The quantitative estimate of drug-likeness (QED) is 0.730. The zero-order valence-corrected chi connectivity index (χ0v) is 13.9. The maximum atomic E-state index is 6.20. The van der Waals surface area contributed by atoms with Crippen molar-refractivity contribution >= 4 is 27.5 Å². The van der Waals surface area contributed by atoms with E-state index < -0.39 is 0 Å². The summed E-state index contributed by atoms with van der Waals surface area (Å²) in [7, 11) is 2.08. The second kappa shape index (κ2) is 8.93. The molecule has 0 saturated heterocycles. The van der Waals surface area contributed by atoms with E-state index in [0.717, 1.165) is 47.8 Å². The summed E-state index contributed by atoms with van der Waals surface area (Å²) >= 11 is 9.59. The first-order valence-electron chi connectivity index (χ1n) is 6.51. The molecule has 0 aliphatic rings. The molecule has 1 rings (SSSR count). The summed E-state index contributed by atoms with van der Waals surface area (Å²) in [4.78, 5) is 2.22. The molecule has 1 aromatic carbocycles. The topological polar surface area (TPSA) is 38.5 Å². The van der Waals surface area contributed by atoms with Gasteiger partial charge < -0.3 is 15.4 Å². The van der Waals surface area contributed by atoms with Gasteiger partial charge in [0, 0.05) is 28.7 Å². The molecule has 0 aliphatic carbocycles. The van der Waals surface area contributed by atoms with Gasteiger partial charge in [0.2, 0.25) is 0 Å². The van der Waals surface area contributed by atoms with Crippen molar-refractivity contribution in [1.29, 1.82) is 0 Å². The lowest BCUT2D eigenvalue weighted by Crippen LogP contribution is -2.27. The van der Waals surface area contributed by atoms with Gasteiger partial charge in [0.15, 0.2) is 0 Å². The number of hydrogen-bond acceptors (Lipinski definition) is 3. The second-order valence-electron chi connectivity index (χ2n) is 4.56. The van der Waals surface area contributed by atoms with Crippen LogP contribution in [0.1, 0.15) is 24.9 Å². The summed E-state index contributed by atoms with van der Waals surface area (Å²) in [6.45, 7) is 5.39. The molecule has 2 N–H and O–H groups in total. The standard InChI is InChI=1S/C14H22BrClN2O/c1-3-19-9-8-18(2)7-6-14(17)12-5-4-11(15)10-13(12)16/h4-5,10,14H,3,6-9,17H2,1-2H3. The summed E-state index contributed by atoms with van der Waals surface area (Å²) in [6.07, 6.45) is 0.879. The summed E-state index contributed by atoms with van der Waals surface area (Å²) in [6, 6.07) is 5.81. The molecular weight excluding hydrogens is 328 g/mol. The Morgan fingerprint density at radius 3 is 2.79 bits per heavy atom. The van der Waals surface area contributed by atoms with Gasteiger partial charge in [0.1, 0.15) is 0 Å². The molecule has 0 saturated carbocycles. The van der Waals surface area contributed by atoms with E-state index in [1.165, 1.54) is 0 Å². The predicted octanol–water partition coefficient (Wildman–Crippen LogP) is 3.46. The Morgan fingerprint density at radius 2 is 2.16 bits per heavy atom. The fourth-order valence-corrected chi connectivity index (χ4v) is 2.61. The largest absolute Gasteiger partial charge is 0.380 e. The van der Waals surface area contributed by atoms with Crippen molar-refractivity contribution in [2.75, 3.05) is 33.4 Å². The van der Waals surface area contributed by atoms with E-state index in [1.54, 1.807) is 0 Å². The van der Waals surface area contributed by atoms with E-state index in [-0.39, 0.29) is 6.04 Å². The lowest BCUT2D eigenvalue weighted by molar-refractivity contribution is 0.121. The minimum absolute atomic E-state index is 0.0323. The van der Waals surface area contributed by atoms with Gasteiger partial charge in [-0.05, 0) is 44.6 Å². The minimum atomic E-state index is -0.0323. The van der Waals surface area contributed by atoms with E-state index in [1.807, 2.05) is 25.1 Å². The highest BCUT2D eigenvalue weighted by molar-refractivity contribution is 9.10. The number of nitrogens with two attached hydrogens (primary N) is 1. The van der Waals surface area contributed by atoms with Crippen molar-refractivity contribution in [3.05, 3.63) is 33.3 Å². The highest BCUT2D eigenvalue weighted by Crippen LogP contribution is 2.26. The van der Waals surface area contributed by atoms with Crippen LogP contribution in [0.15, 0.2) is 22.7 Å².